The smallest absolute Gasteiger partial charge is 0.246 e. The lowest BCUT2D eigenvalue weighted by Gasteiger charge is -2.20. The quantitative estimate of drug-likeness (QED) is 0.775. The van der Waals surface area contributed by atoms with E-state index < -0.39 is 10.0 Å². The fourth-order valence-corrected chi connectivity index (χ4v) is 3.99. The van der Waals surface area contributed by atoms with Crippen LogP contribution in [0, 0.1) is 0 Å². The van der Waals surface area contributed by atoms with Gasteiger partial charge in [-0.3, -0.25) is 4.79 Å². The summed E-state index contributed by atoms with van der Waals surface area (Å²) in [5, 5.41) is 2.70. The molecule has 0 saturated carbocycles. The van der Waals surface area contributed by atoms with E-state index in [1.807, 2.05) is 0 Å². The number of benzene rings is 1. The minimum Gasteiger partial charge on any atom is -0.398 e. The molecular weight excluding hydrogens is 290 g/mol. The maximum absolute atomic E-state index is 12.5. The van der Waals surface area contributed by atoms with Crippen LogP contribution in [-0.4, -0.2) is 38.3 Å². The molecule has 1 aromatic carbocycles. The molecule has 0 aliphatic carbocycles. The second kappa shape index (κ2) is 5.36. The molecule has 3 N–H and O–H groups in total. The topological polar surface area (TPSA) is 92.5 Å². The second-order valence-corrected chi connectivity index (χ2v) is 6.44. The Morgan fingerprint density at radius 2 is 2.05 bits per heavy atom. The van der Waals surface area contributed by atoms with E-state index >= 15 is 0 Å². The van der Waals surface area contributed by atoms with Crippen LogP contribution in [0.5, 0.6) is 0 Å². The Labute approximate surface area is 116 Å². The van der Waals surface area contributed by atoms with E-state index in [0.29, 0.717) is 0 Å². The van der Waals surface area contributed by atoms with Crippen molar-refractivity contribution >= 4 is 33.2 Å². The van der Waals surface area contributed by atoms with Gasteiger partial charge < -0.3 is 11.1 Å². The van der Waals surface area contributed by atoms with Crippen LogP contribution in [0.2, 0.25) is 5.02 Å². The summed E-state index contributed by atoms with van der Waals surface area (Å²) in [5.41, 5.74) is 5.82. The lowest BCUT2D eigenvalue weighted by Crippen LogP contribution is -2.34. The highest BCUT2D eigenvalue weighted by Crippen LogP contribution is 2.30. The monoisotopic (exact) mass is 303 g/mol. The third-order valence-electron chi connectivity index (χ3n) is 2.87. The number of nitrogens with zero attached hydrogens (tertiary/aromatic N) is 1. The number of amides is 1. The molecule has 0 radical (unpaired) electrons. The molecule has 1 heterocycles. The fraction of sp³-hybridized carbons (Fsp3) is 0.364. The van der Waals surface area contributed by atoms with Crippen molar-refractivity contribution in [1.29, 1.82) is 0 Å². The van der Waals surface area contributed by atoms with Crippen molar-refractivity contribution in [2.24, 2.45) is 0 Å². The molecule has 104 valence electrons. The average Bonchev–Trinajstić information content (AvgIpc) is 2.53. The number of sulfonamides is 1. The number of nitrogens with one attached hydrogen (secondary N) is 1. The first kappa shape index (κ1) is 14.1. The van der Waals surface area contributed by atoms with Gasteiger partial charge in [0, 0.05) is 26.1 Å². The number of halogens is 1. The normalized spacial score (nSPS) is 17.8. The highest BCUT2D eigenvalue weighted by atomic mass is 35.5. The summed E-state index contributed by atoms with van der Waals surface area (Å²) < 4.78 is 26.2. The predicted octanol–water partition coefficient (Wildman–Crippen LogP) is 0.433. The summed E-state index contributed by atoms with van der Waals surface area (Å²) in [4.78, 5) is 11.2. The molecule has 1 amide bonds. The van der Waals surface area contributed by atoms with E-state index in [4.69, 9.17) is 17.3 Å². The number of anilines is 1. The molecule has 1 saturated heterocycles. The zero-order chi connectivity index (χ0) is 14.0. The highest BCUT2D eigenvalue weighted by Gasteiger charge is 2.30. The molecule has 0 unspecified atom stereocenters. The zero-order valence-electron chi connectivity index (χ0n) is 10.1. The number of hydrogen-bond donors (Lipinski definition) is 2. The molecule has 19 heavy (non-hydrogen) atoms. The number of carbonyl (C=O) groups is 1. The van der Waals surface area contributed by atoms with Gasteiger partial charge in [0.15, 0.2) is 0 Å². The minimum atomic E-state index is -3.79. The molecule has 6 nitrogen and oxygen atoms in total. The van der Waals surface area contributed by atoms with Gasteiger partial charge in [-0.2, -0.15) is 4.31 Å². The summed E-state index contributed by atoms with van der Waals surface area (Å²) in [7, 11) is -3.79. The van der Waals surface area contributed by atoms with Crippen LogP contribution >= 0.6 is 11.6 Å². The standard InChI is InChI=1S/C11H14ClN3O3S/c12-8-2-1-3-9(13)11(8)19(17,18)15-6-4-10(16)14-5-7-15/h1-3H,4-7,13H2,(H,14,16). The number of nitrogens with two attached hydrogens (primary N) is 1. The van der Waals surface area contributed by atoms with Gasteiger partial charge in [0.1, 0.15) is 4.90 Å². The molecular formula is C11H14ClN3O3S. The molecule has 0 aromatic heterocycles. The number of rotatable bonds is 2. The molecule has 0 spiro atoms. The van der Waals surface area contributed by atoms with Gasteiger partial charge in [-0.05, 0) is 12.1 Å². The molecule has 8 heteroatoms. The van der Waals surface area contributed by atoms with Crippen LogP contribution in [-0.2, 0) is 14.8 Å². The molecule has 2 rings (SSSR count). The van der Waals surface area contributed by atoms with Crippen LogP contribution < -0.4 is 11.1 Å². The summed E-state index contributed by atoms with van der Waals surface area (Å²) in [5.74, 6) is -0.162. The van der Waals surface area contributed by atoms with Crippen molar-refractivity contribution in [2.75, 3.05) is 25.4 Å². The zero-order valence-corrected chi connectivity index (χ0v) is 11.7. The van der Waals surface area contributed by atoms with E-state index in [9.17, 15) is 13.2 Å². The number of carbonyl (C=O) groups excluding carboxylic acids is 1. The average molecular weight is 304 g/mol. The van der Waals surface area contributed by atoms with Crippen LogP contribution in [0.25, 0.3) is 0 Å². The van der Waals surface area contributed by atoms with Crippen molar-refractivity contribution < 1.29 is 13.2 Å². The predicted molar refractivity (Wildman–Crippen MR) is 72.2 cm³/mol. The largest absolute Gasteiger partial charge is 0.398 e. The Kier molecular flexibility index (Phi) is 3.98. The number of nitrogen functional groups attached to an aromatic ring is 1. The lowest BCUT2D eigenvalue weighted by atomic mass is 10.3. The Hall–Kier alpha value is -1.31. The Balaban J connectivity index is 2.39. The van der Waals surface area contributed by atoms with Crippen molar-refractivity contribution in [3.63, 3.8) is 0 Å². The van der Waals surface area contributed by atoms with Crippen LogP contribution in [0.15, 0.2) is 23.1 Å². The van der Waals surface area contributed by atoms with Gasteiger partial charge >= 0.3 is 0 Å². The van der Waals surface area contributed by atoms with Crippen molar-refractivity contribution in [1.82, 2.24) is 9.62 Å². The van der Waals surface area contributed by atoms with Crippen LogP contribution in [0.3, 0.4) is 0 Å². The first-order valence-electron chi connectivity index (χ1n) is 5.74. The number of hydrogen-bond acceptors (Lipinski definition) is 4. The van der Waals surface area contributed by atoms with Crippen molar-refractivity contribution in [3.8, 4) is 0 Å². The third-order valence-corrected chi connectivity index (χ3v) is 5.31. The van der Waals surface area contributed by atoms with Gasteiger partial charge in [0.05, 0.1) is 10.7 Å². The SMILES string of the molecule is Nc1cccc(Cl)c1S(=O)(=O)N1CCNC(=O)CC1. The minimum absolute atomic E-state index is 0.0866. The molecule has 1 aliphatic heterocycles. The van der Waals surface area contributed by atoms with E-state index in [1.165, 1.54) is 16.4 Å². The van der Waals surface area contributed by atoms with Crippen LogP contribution in [0.1, 0.15) is 6.42 Å². The second-order valence-electron chi connectivity index (χ2n) is 4.16. The van der Waals surface area contributed by atoms with Crippen LogP contribution in [0.4, 0.5) is 5.69 Å². The summed E-state index contributed by atoms with van der Waals surface area (Å²) >= 11 is 5.93. The fourth-order valence-electron chi connectivity index (χ4n) is 1.91. The molecule has 1 aliphatic rings. The molecule has 1 fully saturated rings. The Morgan fingerprint density at radius 1 is 1.32 bits per heavy atom. The summed E-state index contributed by atoms with van der Waals surface area (Å²) in [6.07, 6.45) is 0.129. The van der Waals surface area contributed by atoms with Gasteiger partial charge in [0.2, 0.25) is 15.9 Å². The van der Waals surface area contributed by atoms with Gasteiger partial charge in [-0.1, -0.05) is 17.7 Å². The third kappa shape index (κ3) is 2.83. The Bertz CT molecular complexity index is 583. The summed E-state index contributed by atoms with van der Waals surface area (Å²) in [6, 6.07) is 4.55. The first-order chi connectivity index (χ1) is 8.93. The molecule has 0 atom stereocenters. The van der Waals surface area contributed by atoms with E-state index in [0.717, 1.165) is 0 Å². The maximum Gasteiger partial charge on any atom is 0.246 e. The van der Waals surface area contributed by atoms with Crippen molar-refractivity contribution in [2.45, 2.75) is 11.3 Å². The highest BCUT2D eigenvalue weighted by molar-refractivity contribution is 7.89. The van der Waals surface area contributed by atoms with Crippen molar-refractivity contribution in [3.05, 3.63) is 23.2 Å². The van der Waals surface area contributed by atoms with E-state index in [2.05, 4.69) is 5.32 Å². The Morgan fingerprint density at radius 3 is 2.74 bits per heavy atom. The van der Waals surface area contributed by atoms with Gasteiger partial charge in [0.25, 0.3) is 0 Å². The molecule has 1 aromatic rings. The maximum atomic E-state index is 12.5. The summed E-state index contributed by atoms with van der Waals surface area (Å²) in [6.45, 7) is 0.611. The van der Waals surface area contributed by atoms with Gasteiger partial charge in [-0.25, -0.2) is 8.42 Å². The van der Waals surface area contributed by atoms with E-state index in [1.54, 1.807) is 6.07 Å². The molecule has 0 bridgehead atoms. The van der Waals surface area contributed by atoms with E-state index in [-0.39, 0.29) is 47.6 Å². The first-order valence-corrected chi connectivity index (χ1v) is 7.55. The lowest BCUT2D eigenvalue weighted by molar-refractivity contribution is -0.120. The van der Waals surface area contributed by atoms with Gasteiger partial charge in [-0.15, -0.1) is 0 Å².